The molecule has 284 valence electrons. The van der Waals surface area contributed by atoms with Crippen LogP contribution in [0.3, 0.4) is 0 Å². The van der Waals surface area contributed by atoms with Crippen LogP contribution >= 0.6 is 0 Å². The number of hydrogen-bond acceptors (Lipinski definition) is 2. The normalized spacial score (nSPS) is 15.2. The molecule has 0 amide bonds. The van der Waals surface area contributed by atoms with E-state index < -0.39 is 0 Å². The number of hydrogen-bond donors (Lipinski definition) is 0. The molecule has 1 aliphatic carbocycles. The molecule has 3 heterocycles. The highest BCUT2D eigenvalue weighted by Crippen LogP contribution is 2.51. The smallest absolute Gasteiger partial charge is 0.137 e. The Morgan fingerprint density at radius 3 is 1.78 bits per heavy atom. The van der Waals surface area contributed by atoms with Gasteiger partial charge in [0.05, 0.1) is 17.1 Å². The van der Waals surface area contributed by atoms with Gasteiger partial charge in [-0.25, -0.2) is 0 Å². The molecule has 10 aromatic rings. The lowest BCUT2D eigenvalue weighted by Crippen LogP contribution is -2.25. The van der Waals surface area contributed by atoms with Crippen molar-refractivity contribution in [1.82, 2.24) is 4.57 Å². The van der Waals surface area contributed by atoms with Gasteiger partial charge in [-0.15, -0.1) is 0 Å². The fraction of sp³-hybridized carbons (Fsp3) is 0.0526. The fourth-order valence-corrected chi connectivity index (χ4v) is 9.90. The number of nitrogens with zero attached hydrogens (tertiary/aromatic N) is 2. The Hall–Kier alpha value is -7.62. The minimum Gasteiger partial charge on any atom is -0.456 e. The third-order valence-corrected chi connectivity index (χ3v) is 12.7. The molecule has 60 heavy (non-hydrogen) atoms. The van der Waals surface area contributed by atoms with Crippen LogP contribution in [0.2, 0.25) is 0 Å². The summed E-state index contributed by atoms with van der Waals surface area (Å²) in [6.07, 6.45) is 6.52. The lowest BCUT2D eigenvalue weighted by Gasteiger charge is -2.32. The van der Waals surface area contributed by atoms with E-state index in [9.17, 15) is 0 Å². The summed E-state index contributed by atoms with van der Waals surface area (Å²) < 4.78 is 9.14. The number of aromatic nitrogens is 1. The molecule has 1 unspecified atom stereocenters. The number of anilines is 1. The largest absolute Gasteiger partial charge is 0.456 e. The minimum atomic E-state index is 0.0756. The summed E-state index contributed by atoms with van der Waals surface area (Å²) in [7, 11) is 0. The van der Waals surface area contributed by atoms with Gasteiger partial charge in [-0.1, -0.05) is 146 Å². The molecule has 8 aromatic carbocycles. The van der Waals surface area contributed by atoms with E-state index in [-0.39, 0.29) is 6.04 Å². The zero-order valence-electron chi connectivity index (χ0n) is 33.1. The molecule has 0 saturated carbocycles. The molecular weight excluding hydrogens is 729 g/mol. The highest BCUT2D eigenvalue weighted by molar-refractivity contribution is 6.13. The Bertz CT molecular complexity index is 3290. The van der Waals surface area contributed by atoms with E-state index in [1.54, 1.807) is 0 Å². The van der Waals surface area contributed by atoms with Crippen molar-refractivity contribution in [3.05, 3.63) is 229 Å². The molecule has 2 aromatic heterocycles. The molecular formula is C57H40N2O. The lowest BCUT2D eigenvalue weighted by atomic mass is 9.91. The standard InChI is InChI=1S/C57H40N2O/c1-37-46-20-11-12-22-51(46)59(57(37)41-18-9-4-10-19-41)44-28-24-40(25-29-44)47-21-13-23-54-56(47)48-31-30-45(36-55(48)60-54)58-52-32-26-42(38-14-5-2-6-15-38)34-49(52)50-35-43(27-33-53(50)58)39-16-7-3-8-17-39/h2-24,26-28,30-36,57H,1,25,29H2. The van der Waals surface area contributed by atoms with Crippen LogP contribution in [-0.2, 0) is 0 Å². The summed E-state index contributed by atoms with van der Waals surface area (Å²) in [5, 5.41) is 4.76. The van der Waals surface area contributed by atoms with Gasteiger partial charge in [0, 0.05) is 50.2 Å². The predicted octanol–water partition coefficient (Wildman–Crippen LogP) is 15.4. The predicted molar refractivity (Wildman–Crippen MR) is 251 cm³/mol. The zero-order valence-corrected chi connectivity index (χ0v) is 33.1. The number of allylic oxidation sites excluding steroid dienone is 4. The molecule has 1 aliphatic heterocycles. The monoisotopic (exact) mass is 768 g/mol. The van der Waals surface area contributed by atoms with Crippen LogP contribution in [0.5, 0.6) is 0 Å². The second-order valence-electron chi connectivity index (χ2n) is 16.1. The Morgan fingerprint density at radius 2 is 1.12 bits per heavy atom. The first-order valence-electron chi connectivity index (χ1n) is 20.9. The number of fused-ring (bicyclic) bond motifs is 7. The van der Waals surface area contributed by atoms with Crippen molar-refractivity contribution in [1.29, 1.82) is 0 Å². The van der Waals surface area contributed by atoms with Crippen molar-refractivity contribution in [3.8, 4) is 27.9 Å². The fourth-order valence-electron chi connectivity index (χ4n) is 9.90. The van der Waals surface area contributed by atoms with E-state index in [0.29, 0.717) is 0 Å². The average Bonchev–Trinajstić information content (AvgIpc) is 3.96. The highest BCUT2D eigenvalue weighted by Gasteiger charge is 2.36. The first kappa shape index (κ1) is 34.4. The Labute approximate surface area is 349 Å². The number of para-hydroxylation sites is 1. The zero-order chi connectivity index (χ0) is 39.7. The minimum absolute atomic E-state index is 0.0756. The molecule has 0 spiro atoms. The van der Waals surface area contributed by atoms with Crippen LogP contribution in [0.25, 0.3) is 82.8 Å². The van der Waals surface area contributed by atoms with Crippen LogP contribution in [0.4, 0.5) is 5.69 Å². The Balaban J connectivity index is 0.961. The number of benzene rings is 8. The van der Waals surface area contributed by atoms with Gasteiger partial charge in [-0.3, -0.25) is 0 Å². The molecule has 3 nitrogen and oxygen atoms in total. The first-order valence-corrected chi connectivity index (χ1v) is 20.9. The molecule has 0 fully saturated rings. The van der Waals surface area contributed by atoms with Crippen LogP contribution < -0.4 is 4.90 Å². The van der Waals surface area contributed by atoms with Gasteiger partial charge in [0.1, 0.15) is 11.2 Å². The molecule has 0 radical (unpaired) electrons. The summed E-state index contributed by atoms with van der Waals surface area (Å²) >= 11 is 0. The molecule has 0 bridgehead atoms. The highest BCUT2D eigenvalue weighted by atomic mass is 16.3. The maximum absolute atomic E-state index is 6.74. The van der Waals surface area contributed by atoms with E-state index in [4.69, 9.17) is 4.42 Å². The van der Waals surface area contributed by atoms with Crippen LogP contribution in [0, 0.1) is 0 Å². The molecule has 1 atom stereocenters. The summed E-state index contributed by atoms with van der Waals surface area (Å²) in [5.74, 6) is 0. The first-order chi connectivity index (χ1) is 29.7. The number of furan rings is 1. The SMILES string of the molecule is C=C1c2ccccc2N(C2=CC=C(c3cccc4oc5cc(-n6c7ccc(-c8ccccc8)cc7c7cc(-c8ccccc8)ccc76)ccc5c34)CC2)C1c1ccccc1. The Morgan fingerprint density at radius 1 is 0.483 bits per heavy atom. The van der Waals surface area contributed by atoms with E-state index in [2.05, 4.69) is 216 Å². The van der Waals surface area contributed by atoms with Crippen molar-refractivity contribution in [2.45, 2.75) is 18.9 Å². The summed E-state index contributed by atoms with van der Waals surface area (Å²) in [6.45, 7) is 4.60. The second-order valence-corrected chi connectivity index (χ2v) is 16.1. The van der Waals surface area contributed by atoms with Crippen molar-refractivity contribution in [2.75, 3.05) is 4.90 Å². The summed E-state index contributed by atoms with van der Waals surface area (Å²) in [4.78, 5) is 2.51. The summed E-state index contributed by atoms with van der Waals surface area (Å²) in [6, 6.07) is 67.9. The van der Waals surface area contributed by atoms with Gasteiger partial charge in [0.15, 0.2) is 0 Å². The van der Waals surface area contributed by atoms with Crippen molar-refractivity contribution < 1.29 is 4.42 Å². The van der Waals surface area contributed by atoms with Gasteiger partial charge < -0.3 is 13.9 Å². The van der Waals surface area contributed by atoms with Gasteiger partial charge in [0.2, 0.25) is 0 Å². The summed E-state index contributed by atoms with van der Waals surface area (Å²) in [5.41, 5.74) is 18.8. The topological polar surface area (TPSA) is 21.3 Å². The van der Waals surface area contributed by atoms with E-state index in [1.165, 1.54) is 83.1 Å². The molecule has 0 N–H and O–H groups in total. The molecule has 2 aliphatic rings. The molecule has 0 saturated heterocycles. The van der Waals surface area contributed by atoms with Gasteiger partial charge in [0.25, 0.3) is 0 Å². The van der Waals surface area contributed by atoms with Crippen LogP contribution in [0.15, 0.2) is 217 Å². The van der Waals surface area contributed by atoms with Gasteiger partial charge in [-0.05, 0) is 112 Å². The Kier molecular flexibility index (Phi) is 7.89. The third-order valence-electron chi connectivity index (χ3n) is 12.7. The number of rotatable bonds is 6. The van der Waals surface area contributed by atoms with Crippen LogP contribution in [0.1, 0.15) is 35.6 Å². The van der Waals surface area contributed by atoms with Gasteiger partial charge >= 0.3 is 0 Å². The maximum atomic E-state index is 6.74. The second kappa shape index (κ2) is 13.8. The maximum Gasteiger partial charge on any atom is 0.137 e. The third kappa shape index (κ3) is 5.43. The van der Waals surface area contributed by atoms with E-state index >= 15 is 0 Å². The quantitative estimate of drug-likeness (QED) is 0.168. The van der Waals surface area contributed by atoms with Crippen molar-refractivity contribution >= 4 is 60.6 Å². The van der Waals surface area contributed by atoms with E-state index in [1.807, 2.05) is 0 Å². The van der Waals surface area contributed by atoms with E-state index in [0.717, 1.165) is 40.7 Å². The molecule has 3 heteroatoms. The van der Waals surface area contributed by atoms with Crippen LogP contribution in [-0.4, -0.2) is 4.57 Å². The van der Waals surface area contributed by atoms with Crippen molar-refractivity contribution in [2.24, 2.45) is 0 Å². The lowest BCUT2D eigenvalue weighted by molar-refractivity contribution is 0.668. The van der Waals surface area contributed by atoms with Gasteiger partial charge in [-0.2, -0.15) is 0 Å². The molecule has 12 rings (SSSR count). The van der Waals surface area contributed by atoms with Crippen molar-refractivity contribution in [3.63, 3.8) is 0 Å². The average molecular weight is 769 g/mol.